The van der Waals surface area contributed by atoms with Crippen molar-refractivity contribution in [2.45, 2.75) is 18.4 Å². The van der Waals surface area contributed by atoms with Gasteiger partial charge in [0, 0.05) is 6.54 Å². The molecule has 25 heavy (non-hydrogen) atoms. The van der Waals surface area contributed by atoms with Crippen LogP contribution in [0.25, 0.3) is 0 Å². The van der Waals surface area contributed by atoms with Gasteiger partial charge in [-0.25, -0.2) is 8.42 Å². The molecule has 2 aromatic rings. The Morgan fingerprint density at radius 3 is 2.40 bits per heavy atom. The summed E-state index contributed by atoms with van der Waals surface area (Å²) in [5, 5.41) is 2.74. The molecule has 0 radical (unpaired) electrons. The molecule has 0 atom stereocenters. The van der Waals surface area contributed by atoms with Gasteiger partial charge in [0.25, 0.3) is 0 Å². The number of benzene rings is 2. The molecular formula is C19H20N2O3S. The van der Waals surface area contributed by atoms with Gasteiger partial charge in [0.2, 0.25) is 15.9 Å². The highest BCUT2D eigenvalue weighted by atomic mass is 32.2. The number of hydrogen-bond donors (Lipinski definition) is 1. The molecule has 0 unspecified atom stereocenters. The van der Waals surface area contributed by atoms with Gasteiger partial charge in [-0.15, -0.1) is 6.42 Å². The van der Waals surface area contributed by atoms with E-state index in [0.717, 1.165) is 15.4 Å². The van der Waals surface area contributed by atoms with Crippen LogP contribution in [0, 0.1) is 19.3 Å². The molecule has 1 N–H and O–H groups in total. The molecule has 0 heterocycles. The molecule has 5 nitrogen and oxygen atoms in total. The Bertz CT molecular complexity index is 871. The second-order valence-corrected chi connectivity index (χ2v) is 7.43. The summed E-state index contributed by atoms with van der Waals surface area (Å²) in [6, 6.07) is 15.6. The topological polar surface area (TPSA) is 66.5 Å². The first-order valence-electron chi connectivity index (χ1n) is 7.75. The van der Waals surface area contributed by atoms with Gasteiger partial charge in [0.05, 0.1) is 18.0 Å². The number of nitrogens with zero attached hydrogens (tertiary/aromatic N) is 1. The van der Waals surface area contributed by atoms with Gasteiger partial charge >= 0.3 is 0 Å². The maximum Gasteiger partial charge on any atom is 0.244 e. The number of nitrogens with one attached hydrogen (secondary N) is 1. The van der Waals surface area contributed by atoms with Gasteiger partial charge in [-0.2, -0.15) is 4.31 Å². The molecule has 0 spiro atoms. The summed E-state index contributed by atoms with van der Waals surface area (Å²) in [5.74, 6) is 1.89. The molecule has 0 bridgehead atoms. The molecule has 0 saturated carbocycles. The van der Waals surface area contributed by atoms with Crippen LogP contribution in [-0.4, -0.2) is 31.7 Å². The lowest BCUT2D eigenvalue weighted by atomic mass is 10.1. The normalized spacial score (nSPS) is 11.1. The van der Waals surface area contributed by atoms with Crippen LogP contribution in [0.3, 0.4) is 0 Å². The van der Waals surface area contributed by atoms with E-state index in [1.54, 1.807) is 18.2 Å². The molecule has 0 saturated heterocycles. The van der Waals surface area contributed by atoms with E-state index in [2.05, 4.69) is 11.2 Å². The smallest absolute Gasteiger partial charge is 0.244 e. The number of amides is 1. The summed E-state index contributed by atoms with van der Waals surface area (Å²) in [6.45, 7) is 1.79. The van der Waals surface area contributed by atoms with Crippen molar-refractivity contribution in [3.63, 3.8) is 0 Å². The van der Waals surface area contributed by atoms with E-state index in [4.69, 9.17) is 6.42 Å². The highest BCUT2D eigenvalue weighted by Gasteiger charge is 2.25. The summed E-state index contributed by atoms with van der Waals surface area (Å²) in [7, 11) is -3.82. The van der Waals surface area contributed by atoms with Crippen LogP contribution in [0.15, 0.2) is 59.5 Å². The van der Waals surface area contributed by atoms with Crippen molar-refractivity contribution in [3.05, 3.63) is 65.7 Å². The molecule has 6 heteroatoms. The molecule has 2 aromatic carbocycles. The molecule has 1 amide bonds. The third-order valence-corrected chi connectivity index (χ3v) is 5.51. The Balaban J connectivity index is 2.07. The number of carbonyl (C=O) groups excluding carboxylic acids is 1. The van der Waals surface area contributed by atoms with E-state index in [-0.39, 0.29) is 18.0 Å². The number of aryl methyl sites for hydroxylation is 1. The van der Waals surface area contributed by atoms with Gasteiger partial charge < -0.3 is 5.32 Å². The first kappa shape index (κ1) is 18.7. The molecule has 0 aliphatic carbocycles. The minimum atomic E-state index is -3.82. The van der Waals surface area contributed by atoms with Crippen molar-refractivity contribution in [1.29, 1.82) is 0 Å². The Morgan fingerprint density at radius 1 is 1.12 bits per heavy atom. The van der Waals surface area contributed by atoms with Crippen molar-refractivity contribution in [2.75, 3.05) is 13.1 Å². The summed E-state index contributed by atoms with van der Waals surface area (Å²) in [4.78, 5) is 12.3. The third-order valence-electron chi connectivity index (χ3n) is 3.71. The zero-order chi connectivity index (χ0) is 18.3. The maximum atomic E-state index is 12.6. The fourth-order valence-electron chi connectivity index (χ4n) is 2.29. The second-order valence-electron chi connectivity index (χ2n) is 5.49. The number of sulfonamides is 1. The van der Waals surface area contributed by atoms with Gasteiger partial charge in [0.15, 0.2) is 0 Å². The molecule has 0 aliphatic rings. The standard InChI is InChI=1S/C19H20N2O3S/c1-3-13-21(25(23,24)18-11-5-4-6-12-18)15-19(22)20-14-17-10-8-7-9-16(17)2/h1,4-12H,13-15H2,2H3,(H,20,22). The monoisotopic (exact) mass is 356 g/mol. The Labute approximate surface area is 148 Å². The van der Waals surface area contributed by atoms with Gasteiger partial charge in [-0.1, -0.05) is 48.4 Å². The average Bonchev–Trinajstić information content (AvgIpc) is 2.61. The van der Waals surface area contributed by atoms with Crippen molar-refractivity contribution < 1.29 is 13.2 Å². The van der Waals surface area contributed by atoms with Crippen LogP contribution in [0.4, 0.5) is 0 Å². The molecule has 0 aliphatic heterocycles. The summed E-state index contributed by atoms with van der Waals surface area (Å²) < 4.78 is 26.3. The molecular weight excluding hydrogens is 336 g/mol. The minimum Gasteiger partial charge on any atom is -0.351 e. The summed E-state index contributed by atoms with van der Waals surface area (Å²) in [5.41, 5.74) is 2.03. The van der Waals surface area contributed by atoms with E-state index in [1.165, 1.54) is 12.1 Å². The maximum absolute atomic E-state index is 12.6. The predicted molar refractivity (Wildman–Crippen MR) is 97.1 cm³/mol. The van der Waals surface area contributed by atoms with Crippen molar-refractivity contribution in [1.82, 2.24) is 9.62 Å². The highest BCUT2D eigenvalue weighted by Crippen LogP contribution is 2.14. The van der Waals surface area contributed by atoms with E-state index in [9.17, 15) is 13.2 Å². The Morgan fingerprint density at radius 2 is 1.76 bits per heavy atom. The second kappa shape index (κ2) is 8.47. The molecule has 130 valence electrons. The van der Waals surface area contributed by atoms with Gasteiger partial charge in [0.1, 0.15) is 0 Å². The highest BCUT2D eigenvalue weighted by molar-refractivity contribution is 7.89. The largest absolute Gasteiger partial charge is 0.351 e. The van der Waals surface area contributed by atoms with Crippen LogP contribution >= 0.6 is 0 Å². The number of carbonyl (C=O) groups is 1. The molecule has 2 rings (SSSR count). The summed E-state index contributed by atoms with van der Waals surface area (Å²) in [6.07, 6.45) is 5.28. The van der Waals surface area contributed by atoms with Crippen molar-refractivity contribution in [3.8, 4) is 12.3 Å². The van der Waals surface area contributed by atoms with E-state index < -0.39 is 15.9 Å². The van der Waals surface area contributed by atoms with E-state index >= 15 is 0 Å². The quantitative estimate of drug-likeness (QED) is 0.771. The summed E-state index contributed by atoms with van der Waals surface area (Å²) >= 11 is 0. The number of hydrogen-bond acceptors (Lipinski definition) is 3. The third kappa shape index (κ3) is 4.92. The minimum absolute atomic E-state index is 0.108. The lowest BCUT2D eigenvalue weighted by molar-refractivity contribution is -0.121. The predicted octanol–water partition coefficient (Wildman–Crippen LogP) is 1.94. The average molecular weight is 356 g/mol. The molecule has 0 fully saturated rings. The Hall–Kier alpha value is -2.62. The van der Waals surface area contributed by atoms with Crippen LogP contribution < -0.4 is 5.32 Å². The van der Waals surface area contributed by atoms with Crippen molar-refractivity contribution in [2.24, 2.45) is 0 Å². The fourth-order valence-corrected chi connectivity index (χ4v) is 3.62. The Kier molecular flexibility index (Phi) is 6.34. The van der Waals surface area contributed by atoms with Gasteiger partial charge in [-0.05, 0) is 30.2 Å². The zero-order valence-electron chi connectivity index (χ0n) is 14.0. The van der Waals surface area contributed by atoms with E-state index in [1.807, 2.05) is 31.2 Å². The lowest BCUT2D eigenvalue weighted by Crippen LogP contribution is -2.40. The first-order chi connectivity index (χ1) is 11.9. The number of terminal acetylenes is 1. The SMILES string of the molecule is C#CCN(CC(=O)NCc1ccccc1C)S(=O)(=O)c1ccccc1. The van der Waals surface area contributed by atoms with Crippen LogP contribution in [0.5, 0.6) is 0 Å². The van der Waals surface area contributed by atoms with E-state index in [0.29, 0.717) is 6.54 Å². The first-order valence-corrected chi connectivity index (χ1v) is 9.19. The fraction of sp³-hybridized carbons (Fsp3) is 0.211. The van der Waals surface area contributed by atoms with Gasteiger partial charge in [-0.3, -0.25) is 4.79 Å². The lowest BCUT2D eigenvalue weighted by Gasteiger charge is -2.19. The molecule has 0 aromatic heterocycles. The van der Waals surface area contributed by atoms with Crippen LogP contribution in [0.1, 0.15) is 11.1 Å². The van der Waals surface area contributed by atoms with Crippen molar-refractivity contribution >= 4 is 15.9 Å². The van der Waals surface area contributed by atoms with Crippen LogP contribution in [-0.2, 0) is 21.4 Å². The van der Waals surface area contributed by atoms with Crippen LogP contribution in [0.2, 0.25) is 0 Å². The zero-order valence-corrected chi connectivity index (χ0v) is 14.8. The number of rotatable bonds is 7.